The summed E-state index contributed by atoms with van der Waals surface area (Å²) in [5, 5.41) is 2.92. The van der Waals surface area contributed by atoms with Gasteiger partial charge in [0, 0.05) is 11.4 Å². The number of alkyl halides is 3. The van der Waals surface area contributed by atoms with Crippen LogP contribution in [0.3, 0.4) is 0 Å². The molecule has 112 valence electrons. The number of rotatable bonds is 6. The average Bonchev–Trinajstić information content (AvgIpc) is 2.54. The van der Waals surface area contributed by atoms with Gasteiger partial charge >= 0.3 is 0 Å². The summed E-state index contributed by atoms with van der Waals surface area (Å²) in [6.07, 6.45) is 0. The van der Waals surface area contributed by atoms with Crippen molar-refractivity contribution in [2.24, 2.45) is 0 Å². The fourth-order valence-corrected chi connectivity index (χ4v) is 2.37. The summed E-state index contributed by atoms with van der Waals surface area (Å²) in [7, 11) is 0. The van der Waals surface area contributed by atoms with Crippen molar-refractivity contribution in [2.75, 3.05) is 12.4 Å². The molecule has 4 heteroatoms. The maximum Gasteiger partial charge on any atom is 0.285 e. The highest BCUT2D eigenvalue weighted by Crippen LogP contribution is 2.29. The summed E-state index contributed by atoms with van der Waals surface area (Å²) in [4.78, 5) is 0. The van der Waals surface area contributed by atoms with Gasteiger partial charge in [-0.1, -0.05) is 60.7 Å². The molecule has 0 heterocycles. The zero-order chi connectivity index (χ0) is 15.3. The largest absolute Gasteiger partial charge is 0.301 e. The Morgan fingerprint density at radius 2 is 1.38 bits per heavy atom. The lowest BCUT2D eigenvalue weighted by Gasteiger charge is -2.31. The summed E-state index contributed by atoms with van der Waals surface area (Å²) >= 11 is 6.01. The highest BCUT2D eigenvalue weighted by molar-refractivity contribution is 6.18. The van der Waals surface area contributed by atoms with Crippen molar-refractivity contribution in [3.8, 4) is 0 Å². The Balaban J connectivity index is 2.13. The Morgan fingerprint density at radius 1 is 0.905 bits per heavy atom. The number of hydrogen-bond acceptors (Lipinski definition) is 1. The monoisotopic (exact) mass is 309 g/mol. The molecule has 0 radical (unpaired) electrons. The Labute approximate surface area is 128 Å². The average molecular weight is 310 g/mol. The predicted octanol–water partition coefficient (Wildman–Crippen LogP) is 4.52. The van der Waals surface area contributed by atoms with E-state index in [0.717, 1.165) is 5.56 Å². The minimum Gasteiger partial charge on any atom is -0.301 e. The Hall–Kier alpha value is -1.45. The molecule has 0 aromatic heterocycles. The quantitative estimate of drug-likeness (QED) is 0.773. The van der Waals surface area contributed by atoms with Crippen LogP contribution in [0.15, 0.2) is 60.7 Å². The maximum atomic E-state index is 14.2. The molecule has 0 saturated heterocycles. The molecule has 1 N–H and O–H groups in total. The second-order valence-corrected chi connectivity index (χ2v) is 5.52. The Kier molecular flexibility index (Phi) is 4.96. The molecular weight excluding hydrogens is 292 g/mol. The summed E-state index contributed by atoms with van der Waals surface area (Å²) in [5.74, 6) is -2.73. The highest BCUT2D eigenvalue weighted by Gasteiger charge is 2.35. The van der Waals surface area contributed by atoms with Crippen molar-refractivity contribution >= 4 is 11.6 Å². The topological polar surface area (TPSA) is 12.0 Å². The van der Waals surface area contributed by atoms with E-state index in [0.29, 0.717) is 0 Å². The van der Waals surface area contributed by atoms with E-state index in [-0.39, 0.29) is 11.4 Å². The molecule has 0 aliphatic carbocycles. The van der Waals surface area contributed by atoms with Crippen LogP contribution in [0.2, 0.25) is 0 Å². The second kappa shape index (κ2) is 6.54. The van der Waals surface area contributed by atoms with Crippen molar-refractivity contribution in [1.82, 2.24) is 5.32 Å². The zero-order valence-corrected chi connectivity index (χ0v) is 12.6. The minimum atomic E-state index is -2.94. The molecule has 2 rings (SSSR count). The molecule has 1 unspecified atom stereocenters. The zero-order valence-electron chi connectivity index (χ0n) is 11.8. The van der Waals surface area contributed by atoms with Gasteiger partial charge in [0.05, 0.1) is 12.1 Å². The first kappa shape index (κ1) is 15.9. The molecule has 0 saturated carbocycles. The third-order valence-corrected chi connectivity index (χ3v) is 4.11. The van der Waals surface area contributed by atoms with Crippen LogP contribution in [-0.2, 0) is 11.5 Å². The molecule has 2 aromatic carbocycles. The first-order valence-electron chi connectivity index (χ1n) is 6.78. The molecule has 0 fully saturated rings. The van der Waals surface area contributed by atoms with Gasteiger partial charge in [-0.25, -0.2) is 0 Å². The number of hydrogen-bond donors (Lipinski definition) is 1. The molecule has 2 aromatic rings. The number of nitrogens with one attached hydrogen (secondary N) is 1. The lowest BCUT2D eigenvalue weighted by molar-refractivity contribution is -0.00949. The molecule has 0 spiro atoms. The summed E-state index contributed by atoms with van der Waals surface area (Å²) in [6.45, 7) is 1.37. The van der Waals surface area contributed by atoms with Gasteiger partial charge in [0.25, 0.3) is 5.92 Å². The van der Waals surface area contributed by atoms with E-state index < -0.39 is 18.0 Å². The van der Waals surface area contributed by atoms with Crippen LogP contribution in [-0.4, -0.2) is 12.4 Å². The van der Waals surface area contributed by atoms with Crippen molar-refractivity contribution < 1.29 is 8.78 Å². The van der Waals surface area contributed by atoms with Crippen molar-refractivity contribution in [3.63, 3.8) is 0 Å². The van der Waals surface area contributed by atoms with Crippen LogP contribution in [0.25, 0.3) is 0 Å². The van der Waals surface area contributed by atoms with Crippen LogP contribution < -0.4 is 5.32 Å². The predicted molar refractivity (Wildman–Crippen MR) is 82.9 cm³/mol. The summed E-state index contributed by atoms with van der Waals surface area (Å²) in [5.41, 5.74) is 0.201. The van der Waals surface area contributed by atoms with Gasteiger partial charge < -0.3 is 5.32 Å². The lowest BCUT2D eigenvalue weighted by Crippen LogP contribution is -2.46. The standard InChI is InChI=1S/C17H18ClF2N/c1-16(12-18,14-8-4-2-5-9-14)21-13-17(19,20)15-10-6-3-7-11-15/h2-11,21H,12-13H2,1H3. The third kappa shape index (κ3) is 3.80. The lowest BCUT2D eigenvalue weighted by atomic mass is 9.93. The first-order chi connectivity index (χ1) is 9.98. The van der Waals surface area contributed by atoms with Crippen LogP contribution >= 0.6 is 11.6 Å². The van der Waals surface area contributed by atoms with Gasteiger partial charge in [-0.3, -0.25) is 0 Å². The molecule has 0 aliphatic rings. The highest BCUT2D eigenvalue weighted by atomic mass is 35.5. The molecule has 21 heavy (non-hydrogen) atoms. The van der Waals surface area contributed by atoms with Gasteiger partial charge in [-0.2, -0.15) is 8.78 Å². The van der Waals surface area contributed by atoms with Gasteiger partial charge in [0.2, 0.25) is 0 Å². The van der Waals surface area contributed by atoms with Gasteiger partial charge in [-0.15, -0.1) is 11.6 Å². The van der Waals surface area contributed by atoms with Gasteiger partial charge in [-0.05, 0) is 12.5 Å². The van der Waals surface area contributed by atoms with Crippen LogP contribution in [0.4, 0.5) is 8.78 Å². The van der Waals surface area contributed by atoms with Crippen LogP contribution in [0.1, 0.15) is 18.1 Å². The van der Waals surface area contributed by atoms with E-state index in [9.17, 15) is 8.78 Å². The van der Waals surface area contributed by atoms with Crippen LogP contribution in [0.5, 0.6) is 0 Å². The smallest absolute Gasteiger partial charge is 0.285 e. The van der Waals surface area contributed by atoms with E-state index >= 15 is 0 Å². The number of halogens is 3. The fraction of sp³-hybridized carbons (Fsp3) is 0.294. The van der Waals surface area contributed by atoms with E-state index in [2.05, 4.69) is 5.32 Å². The van der Waals surface area contributed by atoms with Crippen molar-refractivity contribution in [2.45, 2.75) is 18.4 Å². The Bertz CT molecular complexity index is 560. The van der Waals surface area contributed by atoms with E-state index in [1.165, 1.54) is 12.1 Å². The summed E-state index contributed by atoms with van der Waals surface area (Å²) < 4.78 is 28.5. The Morgan fingerprint density at radius 3 is 1.86 bits per heavy atom. The molecule has 0 amide bonds. The van der Waals surface area contributed by atoms with E-state index in [1.807, 2.05) is 37.3 Å². The maximum absolute atomic E-state index is 14.2. The molecular formula is C17H18ClF2N. The van der Waals surface area contributed by atoms with Crippen LogP contribution in [0, 0.1) is 0 Å². The van der Waals surface area contributed by atoms with Crippen molar-refractivity contribution in [3.05, 3.63) is 71.8 Å². The second-order valence-electron chi connectivity index (χ2n) is 5.26. The van der Waals surface area contributed by atoms with E-state index in [1.54, 1.807) is 18.2 Å². The third-order valence-electron chi connectivity index (χ3n) is 3.57. The van der Waals surface area contributed by atoms with Crippen molar-refractivity contribution in [1.29, 1.82) is 0 Å². The van der Waals surface area contributed by atoms with Gasteiger partial charge in [0.15, 0.2) is 0 Å². The normalized spacial score (nSPS) is 14.7. The number of benzene rings is 2. The van der Waals surface area contributed by atoms with E-state index in [4.69, 9.17) is 11.6 Å². The minimum absolute atomic E-state index is 0.00230. The fourth-order valence-electron chi connectivity index (χ4n) is 2.12. The first-order valence-corrected chi connectivity index (χ1v) is 7.31. The molecule has 0 aliphatic heterocycles. The molecule has 1 nitrogen and oxygen atoms in total. The molecule has 0 bridgehead atoms. The SMILES string of the molecule is CC(CCl)(NCC(F)(F)c1ccccc1)c1ccccc1. The summed E-state index contributed by atoms with van der Waals surface area (Å²) in [6, 6.07) is 17.2. The van der Waals surface area contributed by atoms with Gasteiger partial charge in [0.1, 0.15) is 0 Å². The molecule has 1 atom stereocenters.